The zero-order chi connectivity index (χ0) is 13.8. The molecule has 0 atom stereocenters. The number of ketones is 1. The zero-order valence-corrected chi connectivity index (χ0v) is 11.8. The standard InChI is InChI=1S/C18H21NO/c20-16(12-14-6-2-1-3-7-14)13-15-10-11-19-18-9-5-4-8-17(15)18/h4-5,8-11,14H,1-3,6-7,12-13H2. The van der Waals surface area contributed by atoms with Crippen molar-refractivity contribution < 1.29 is 4.79 Å². The average Bonchev–Trinajstić information content (AvgIpc) is 2.48. The summed E-state index contributed by atoms with van der Waals surface area (Å²) in [5, 5.41) is 1.12. The fourth-order valence-corrected chi connectivity index (χ4v) is 3.31. The lowest BCUT2D eigenvalue weighted by molar-refractivity contribution is -0.119. The van der Waals surface area contributed by atoms with Crippen molar-refractivity contribution in [2.75, 3.05) is 0 Å². The third-order valence-corrected chi connectivity index (χ3v) is 4.37. The topological polar surface area (TPSA) is 30.0 Å². The van der Waals surface area contributed by atoms with Gasteiger partial charge in [-0.25, -0.2) is 0 Å². The van der Waals surface area contributed by atoms with Crippen LogP contribution in [0.4, 0.5) is 0 Å². The molecule has 0 spiro atoms. The van der Waals surface area contributed by atoms with Crippen LogP contribution < -0.4 is 0 Å². The number of hydrogen-bond acceptors (Lipinski definition) is 2. The number of aromatic nitrogens is 1. The molecule has 1 aromatic carbocycles. The number of Topliss-reactive ketones (excluding diaryl/α,β-unsaturated/α-hetero) is 1. The molecule has 1 saturated carbocycles. The molecule has 0 unspecified atom stereocenters. The minimum atomic E-state index is 0.383. The van der Waals surface area contributed by atoms with E-state index in [-0.39, 0.29) is 0 Å². The van der Waals surface area contributed by atoms with Crippen LogP contribution in [0.3, 0.4) is 0 Å². The first-order chi connectivity index (χ1) is 9.83. The van der Waals surface area contributed by atoms with Gasteiger partial charge in [0.1, 0.15) is 5.78 Å². The fourth-order valence-electron chi connectivity index (χ4n) is 3.31. The van der Waals surface area contributed by atoms with Gasteiger partial charge in [0.2, 0.25) is 0 Å². The lowest BCUT2D eigenvalue weighted by Gasteiger charge is -2.20. The van der Waals surface area contributed by atoms with E-state index in [4.69, 9.17) is 0 Å². The Morgan fingerprint density at radius 3 is 2.75 bits per heavy atom. The summed E-state index contributed by atoms with van der Waals surface area (Å²) in [4.78, 5) is 16.7. The van der Waals surface area contributed by atoms with Gasteiger partial charge in [0.15, 0.2) is 0 Å². The van der Waals surface area contributed by atoms with Gasteiger partial charge in [-0.2, -0.15) is 0 Å². The summed E-state index contributed by atoms with van der Waals surface area (Å²) in [5.74, 6) is 1.01. The Bertz CT molecular complexity index is 594. The highest BCUT2D eigenvalue weighted by atomic mass is 16.1. The van der Waals surface area contributed by atoms with Gasteiger partial charge >= 0.3 is 0 Å². The quantitative estimate of drug-likeness (QED) is 0.826. The van der Waals surface area contributed by atoms with E-state index in [2.05, 4.69) is 11.1 Å². The van der Waals surface area contributed by atoms with Gasteiger partial charge in [-0.05, 0) is 23.6 Å². The van der Waals surface area contributed by atoms with Crippen LogP contribution >= 0.6 is 0 Å². The molecule has 1 aliphatic rings. The number of benzene rings is 1. The number of carbonyl (C=O) groups is 1. The van der Waals surface area contributed by atoms with Gasteiger partial charge in [-0.1, -0.05) is 50.3 Å². The second-order valence-electron chi connectivity index (χ2n) is 5.91. The van der Waals surface area contributed by atoms with E-state index in [1.807, 2.05) is 30.5 Å². The van der Waals surface area contributed by atoms with Crippen molar-refractivity contribution in [3.63, 3.8) is 0 Å². The van der Waals surface area contributed by atoms with Gasteiger partial charge in [-0.3, -0.25) is 9.78 Å². The molecule has 0 radical (unpaired) electrons. The Morgan fingerprint density at radius 2 is 1.90 bits per heavy atom. The Hall–Kier alpha value is -1.70. The van der Waals surface area contributed by atoms with E-state index in [9.17, 15) is 4.79 Å². The van der Waals surface area contributed by atoms with E-state index in [1.54, 1.807) is 0 Å². The third-order valence-electron chi connectivity index (χ3n) is 4.37. The predicted molar refractivity (Wildman–Crippen MR) is 81.6 cm³/mol. The maximum absolute atomic E-state index is 12.3. The Balaban J connectivity index is 1.71. The smallest absolute Gasteiger partial charge is 0.137 e. The second kappa shape index (κ2) is 6.17. The molecular weight excluding hydrogens is 246 g/mol. The van der Waals surface area contributed by atoms with Crippen molar-refractivity contribution in [2.45, 2.75) is 44.9 Å². The molecule has 2 heteroatoms. The van der Waals surface area contributed by atoms with Gasteiger partial charge in [-0.15, -0.1) is 0 Å². The van der Waals surface area contributed by atoms with Crippen molar-refractivity contribution in [1.29, 1.82) is 0 Å². The number of para-hydroxylation sites is 1. The Labute approximate surface area is 120 Å². The average molecular weight is 267 g/mol. The summed E-state index contributed by atoms with van der Waals surface area (Å²) in [6.07, 6.45) is 9.55. The van der Waals surface area contributed by atoms with Gasteiger partial charge in [0, 0.05) is 24.4 Å². The molecular formula is C18H21NO. The number of pyridine rings is 1. The molecule has 0 N–H and O–H groups in total. The van der Waals surface area contributed by atoms with E-state index < -0.39 is 0 Å². The van der Waals surface area contributed by atoms with Crippen LogP contribution in [0.5, 0.6) is 0 Å². The van der Waals surface area contributed by atoms with Crippen molar-refractivity contribution in [2.24, 2.45) is 5.92 Å². The largest absolute Gasteiger partial charge is 0.299 e. The highest BCUT2D eigenvalue weighted by Gasteiger charge is 2.17. The first kappa shape index (κ1) is 13.3. The lowest BCUT2D eigenvalue weighted by Crippen LogP contribution is -2.13. The van der Waals surface area contributed by atoms with Crippen molar-refractivity contribution in [3.05, 3.63) is 42.1 Å². The molecule has 2 aromatic rings. The normalized spacial score (nSPS) is 16.4. The zero-order valence-electron chi connectivity index (χ0n) is 11.8. The number of rotatable bonds is 4. The first-order valence-corrected chi connectivity index (χ1v) is 7.67. The highest BCUT2D eigenvalue weighted by molar-refractivity contribution is 5.88. The number of hydrogen-bond donors (Lipinski definition) is 0. The van der Waals surface area contributed by atoms with E-state index in [0.29, 0.717) is 18.1 Å². The Morgan fingerprint density at radius 1 is 1.10 bits per heavy atom. The molecule has 0 bridgehead atoms. The van der Waals surface area contributed by atoms with Crippen LogP contribution in [-0.2, 0) is 11.2 Å². The molecule has 3 rings (SSSR count). The molecule has 1 aliphatic carbocycles. The molecule has 1 heterocycles. The van der Waals surface area contributed by atoms with Crippen molar-refractivity contribution in [3.8, 4) is 0 Å². The first-order valence-electron chi connectivity index (χ1n) is 7.67. The molecule has 2 nitrogen and oxygen atoms in total. The predicted octanol–water partition coefficient (Wildman–Crippen LogP) is 4.32. The number of fused-ring (bicyclic) bond motifs is 1. The van der Waals surface area contributed by atoms with Crippen LogP contribution in [0.25, 0.3) is 10.9 Å². The molecule has 1 fully saturated rings. The van der Waals surface area contributed by atoms with Crippen LogP contribution in [-0.4, -0.2) is 10.8 Å². The lowest BCUT2D eigenvalue weighted by atomic mass is 9.85. The molecule has 0 amide bonds. The van der Waals surface area contributed by atoms with E-state index >= 15 is 0 Å². The monoisotopic (exact) mass is 267 g/mol. The van der Waals surface area contributed by atoms with Gasteiger partial charge in [0.25, 0.3) is 0 Å². The molecule has 104 valence electrons. The van der Waals surface area contributed by atoms with E-state index in [1.165, 1.54) is 32.1 Å². The summed E-state index contributed by atoms with van der Waals surface area (Å²) in [6.45, 7) is 0. The summed E-state index contributed by atoms with van der Waals surface area (Å²) in [7, 11) is 0. The summed E-state index contributed by atoms with van der Waals surface area (Å²) in [5.41, 5.74) is 2.10. The van der Waals surface area contributed by atoms with Crippen LogP contribution in [0, 0.1) is 5.92 Å². The second-order valence-corrected chi connectivity index (χ2v) is 5.91. The third kappa shape index (κ3) is 3.06. The SMILES string of the molecule is O=C(Cc1ccnc2ccccc12)CC1CCCCC1. The molecule has 0 aliphatic heterocycles. The highest BCUT2D eigenvalue weighted by Crippen LogP contribution is 2.27. The fraction of sp³-hybridized carbons (Fsp3) is 0.444. The van der Waals surface area contributed by atoms with Gasteiger partial charge in [0.05, 0.1) is 5.52 Å². The number of carbonyl (C=O) groups excluding carboxylic acids is 1. The minimum absolute atomic E-state index is 0.383. The molecule has 20 heavy (non-hydrogen) atoms. The van der Waals surface area contributed by atoms with Crippen molar-refractivity contribution >= 4 is 16.7 Å². The maximum atomic E-state index is 12.3. The van der Waals surface area contributed by atoms with Crippen LogP contribution in [0.15, 0.2) is 36.5 Å². The summed E-state index contributed by atoms with van der Waals surface area (Å²) >= 11 is 0. The molecule has 0 saturated heterocycles. The maximum Gasteiger partial charge on any atom is 0.137 e. The van der Waals surface area contributed by atoms with Crippen molar-refractivity contribution in [1.82, 2.24) is 4.98 Å². The van der Waals surface area contributed by atoms with Gasteiger partial charge < -0.3 is 0 Å². The number of nitrogens with zero attached hydrogens (tertiary/aromatic N) is 1. The molecule has 1 aromatic heterocycles. The Kier molecular flexibility index (Phi) is 4.10. The van der Waals surface area contributed by atoms with Crippen LogP contribution in [0.2, 0.25) is 0 Å². The summed E-state index contributed by atoms with van der Waals surface area (Å²) < 4.78 is 0. The summed E-state index contributed by atoms with van der Waals surface area (Å²) in [6, 6.07) is 10.1. The minimum Gasteiger partial charge on any atom is -0.299 e. The van der Waals surface area contributed by atoms with E-state index in [0.717, 1.165) is 22.9 Å². The van der Waals surface area contributed by atoms with Crippen LogP contribution in [0.1, 0.15) is 44.1 Å².